The van der Waals surface area contributed by atoms with Gasteiger partial charge in [0.1, 0.15) is 5.25 Å². The third kappa shape index (κ3) is 2.64. The summed E-state index contributed by atoms with van der Waals surface area (Å²) in [4.78, 5) is 21.5. The summed E-state index contributed by atoms with van der Waals surface area (Å²) < 4.78 is 4.72. The summed E-state index contributed by atoms with van der Waals surface area (Å²) in [5, 5.41) is 10.4. The van der Waals surface area contributed by atoms with Crippen molar-refractivity contribution < 1.29 is 14.5 Å². The first-order valence-electron chi connectivity index (χ1n) is 5.55. The van der Waals surface area contributed by atoms with E-state index in [4.69, 9.17) is 4.74 Å². The maximum Gasteiger partial charge on any atom is 0.318 e. The third-order valence-electron chi connectivity index (χ3n) is 3.04. The van der Waals surface area contributed by atoms with Crippen LogP contribution < -0.4 is 0 Å². The Hall–Kier alpha value is -1.56. The predicted molar refractivity (Wildman–Crippen MR) is 68.7 cm³/mol. The van der Waals surface area contributed by atoms with Gasteiger partial charge in [0, 0.05) is 17.9 Å². The number of nitro groups is 1. The van der Waals surface area contributed by atoms with E-state index < -0.39 is 4.92 Å². The number of nitro benzene ring substituents is 1. The minimum atomic E-state index is -0.412. The molecular formula is C12H13NO4S. The highest BCUT2D eigenvalue weighted by atomic mass is 32.2. The molecule has 0 N–H and O–H groups in total. The van der Waals surface area contributed by atoms with Crippen molar-refractivity contribution in [3.63, 3.8) is 0 Å². The van der Waals surface area contributed by atoms with Crippen molar-refractivity contribution in [2.24, 2.45) is 0 Å². The zero-order valence-corrected chi connectivity index (χ0v) is 10.7. The molecule has 6 heteroatoms. The van der Waals surface area contributed by atoms with Crippen LogP contribution in [-0.2, 0) is 9.53 Å². The van der Waals surface area contributed by atoms with Gasteiger partial charge >= 0.3 is 5.97 Å². The molecule has 0 aromatic heterocycles. The molecule has 1 aliphatic heterocycles. The topological polar surface area (TPSA) is 69.4 Å². The van der Waals surface area contributed by atoms with Gasteiger partial charge in [0.2, 0.25) is 0 Å². The lowest BCUT2D eigenvalue weighted by atomic mass is 9.96. The van der Waals surface area contributed by atoms with E-state index in [-0.39, 0.29) is 22.8 Å². The number of ether oxygens (including phenoxy) is 1. The molecule has 0 spiro atoms. The molecule has 96 valence electrons. The van der Waals surface area contributed by atoms with Crippen molar-refractivity contribution >= 4 is 23.4 Å². The zero-order valence-electron chi connectivity index (χ0n) is 9.87. The Kier molecular flexibility index (Phi) is 3.86. The fraction of sp³-hybridized carbons (Fsp3) is 0.417. The summed E-state index contributed by atoms with van der Waals surface area (Å²) in [6.07, 6.45) is 0.731. The molecule has 2 atom stereocenters. The Morgan fingerprint density at radius 3 is 2.67 bits per heavy atom. The van der Waals surface area contributed by atoms with E-state index in [9.17, 15) is 14.9 Å². The highest BCUT2D eigenvalue weighted by molar-refractivity contribution is 8.00. The zero-order chi connectivity index (χ0) is 13.1. The number of benzene rings is 1. The van der Waals surface area contributed by atoms with E-state index in [0.29, 0.717) is 0 Å². The number of hydrogen-bond donors (Lipinski definition) is 0. The van der Waals surface area contributed by atoms with Crippen LogP contribution in [0.4, 0.5) is 5.69 Å². The first kappa shape index (κ1) is 12.9. The summed E-state index contributed by atoms with van der Waals surface area (Å²) in [6.45, 7) is 0. The second kappa shape index (κ2) is 5.39. The molecule has 1 aromatic rings. The average Bonchev–Trinajstić information content (AvgIpc) is 2.87. The van der Waals surface area contributed by atoms with E-state index in [1.54, 1.807) is 23.9 Å². The molecule has 0 aliphatic carbocycles. The Morgan fingerprint density at radius 2 is 2.11 bits per heavy atom. The van der Waals surface area contributed by atoms with Gasteiger partial charge in [-0.25, -0.2) is 0 Å². The first-order chi connectivity index (χ1) is 8.61. The second-order valence-electron chi connectivity index (χ2n) is 4.13. The van der Waals surface area contributed by atoms with Gasteiger partial charge in [-0.2, -0.15) is 0 Å². The quantitative estimate of drug-likeness (QED) is 0.477. The molecule has 0 unspecified atom stereocenters. The minimum absolute atomic E-state index is 0.0916. The first-order valence-corrected chi connectivity index (χ1v) is 6.60. The molecule has 1 fully saturated rings. The summed E-state index contributed by atoms with van der Waals surface area (Å²) in [6, 6.07) is 6.54. The summed E-state index contributed by atoms with van der Waals surface area (Å²) in [5.74, 6) is 0.918. The van der Waals surface area contributed by atoms with Crippen molar-refractivity contribution in [3.05, 3.63) is 39.9 Å². The van der Waals surface area contributed by atoms with Crippen LogP contribution in [-0.4, -0.2) is 29.0 Å². The fourth-order valence-corrected chi connectivity index (χ4v) is 3.42. The number of hydrogen-bond acceptors (Lipinski definition) is 5. The van der Waals surface area contributed by atoms with Gasteiger partial charge in [0.15, 0.2) is 0 Å². The summed E-state index contributed by atoms with van der Waals surface area (Å²) in [7, 11) is 1.39. The molecule has 0 amide bonds. The maximum atomic E-state index is 11.4. The van der Waals surface area contributed by atoms with Crippen LogP contribution in [0.3, 0.4) is 0 Å². The summed E-state index contributed by atoms with van der Waals surface area (Å²) >= 11 is 1.58. The second-order valence-corrected chi connectivity index (χ2v) is 5.36. The van der Waals surface area contributed by atoms with E-state index in [2.05, 4.69) is 0 Å². The molecule has 0 saturated carbocycles. The van der Waals surface area contributed by atoms with Crippen LogP contribution in [0, 0.1) is 10.1 Å². The standard InChI is InChI=1S/C12H13NO4S/c1-17-12(14)11-6-9(7-18-11)8-2-4-10(5-3-8)13(15)16/h2-5,9,11H,6-7H2,1H3/t9-,11+/m0/s1. The maximum absolute atomic E-state index is 11.4. The van der Waals surface area contributed by atoms with Crippen molar-refractivity contribution in [3.8, 4) is 0 Å². The number of rotatable bonds is 3. The third-order valence-corrected chi connectivity index (χ3v) is 4.42. The number of carbonyl (C=O) groups is 1. The largest absolute Gasteiger partial charge is 0.468 e. The van der Waals surface area contributed by atoms with Crippen molar-refractivity contribution in [1.29, 1.82) is 0 Å². The number of esters is 1. The molecule has 1 aliphatic rings. The van der Waals surface area contributed by atoms with Crippen LogP contribution >= 0.6 is 11.8 Å². The normalized spacial score (nSPS) is 22.7. The van der Waals surface area contributed by atoms with Gasteiger partial charge in [0.05, 0.1) is 12.0 Å². The van der Waals surface area contributed by atoms with Gasteiger partial charge in [-0.1, -0.05) is 12.1 Å². The van der Waals surface area contributed by atoms with Crippen LogP contribution in [0.25, 0.3) is 0 Å². The lowest BCUT2D eigenvalue weighted by Gasteiger charge is -2.09. The van der Waals surface area contributed by atoms with Gasteiger partial charge in [-0.3, -0.25) is 14.9 Å². The van der Waals surface area contributed by atoms with E-state index in [0.717, 1.165) is 17.7 Å². The Morgan fingerprint density at radius 1 is 1.44 bits per heavy atom. The van der Waals surface area contributed by atoms with Gasteiger partial charge < -0.3 is 4.74 Å². The number of nitrogens with zero attached hydrogens (tertiary/aromatic N) is 1. The highest BCUT2D eigenvalue weighted by Gasteiger charge is 2.32. The van der Waals surface area contributed by atoms with E-state index >= 15 is 0 Å². The Labute approximate surface area is 109 Å². The number of methoxy groups -OCH3 is 1. The number of thioether (sulfide) groups is 1. The molecule has 0 bridgehead atoms. The molecule has 2 rings (SSSR count). The predicted octanol–water partition coefficient (Wildman–Crippen LogP) is 2.36. The van der Waals surface area contributed by atoms with Crippen molar-refractivity contribution in [2.45, 2.75) is 17.6 Å². The molecule has 0 radical (unpaired) electrons. The molecule has 1 aromatic carbocycles. The highest BCUT2D eigenvalue weighted by Crippen LogP contribution is 2.38. The van der Waals surface area contributed by atoms with Gasteiger partial charge in [-0.15, -0.1) is 11.8 Å². The van der Waals surface area contributed by atoms with Crippen molar-refractivity contribution in [2.75, 3.05) is 12.9 Å². The Balaban J connectivity index is 2.05. The van der Waals surface area contributed by atoms with Crippen LogP contribution in [0.15, 0.2) is 24.3 Å². The number of non-ortho nitro benzene ring substituents is 1. The number of carbonyl (C=O) groups excluding carboxylic acids is 1. The minimum Gasteiger partial charge on any atom is -0.468 e. The molecular weight excluding hydrogens is 254 g/mol. The monoisotopic (exact) mass is 267 g/mol. The SMILES string of the molecule is COC(=O)[C@H]1C[C@H](c2ccc([N+](=O)[O-])cc2)CS1. The smallest absolute Gasteiger partial charge is 0.318 e. The lowest BCUT2D eigenvalue weighted by Crippen LogP contribution is -2.16. The van der Waals surface area contributed by atoms with Crippen molar-refractivity contribution in [1.82, 2.24) is 0 Å². The van der Waals surface area contributed by atoms with E-state index in [1.807, 2.05) is 0 Å². The van der Waals surface area contributed by atoms with Crippen LogP contribution in [0.5, 0.6) is 0 Å². The lowest BCUT2D eigenvalue weighted by molar-refractivity contribution is -0.384. The summed E-state index contributed by atoms with van der Waals surface area (Å²) in [5.41, 5.74) is 1.13. The molecule has 1 saturated heterocycles. The fourth-order valence-electron chi connectivity index (χ4n) is 2.02. The average molecular weight is 267 g/mol. The van der Waals surface area contributed by atoms with Crippen LogP contribution in [0.1, 0.15) is 17.9 Å². The molecule has 1 heterocycles. The Bertz CT molecular complexity index is 460. The molecule has 18 heavy (non-hydrogen) atoms. The molecule has 5 nitrogen and oxygen atoms in total. The van der Waals surface area contributed by atoms with E-state index in [1.165, 1.54) is 19.2 Å². The van der Waals surface area contributed by atoms with Gasteiger partial charge in [-0.05, 0) is 17.9 Å². The van der Waals surface area contributed by atoms with Gasteiger partial charge in [0.25, 0.3) is 5.69 Å². The van der Waals surface area contributed by atoms with Crippen LogP contribution in [0.2, 0.25) is 0 Å².